The van der Waals surface area contributed by atoms with Gasteiger partial charge in [-0.3, -0.25) is 4.72 Å². The summed E-state index contributed by atoms with van der Waals surface area (Å²) < 4.78 is 53.8. The number of sulfone groups is 1. The zero-order valence-electron chi connectivity index (χ0n) is 12.6. The van der Waals surface area contributed by atoms with Crippen LogP contribution in [0.1, 0.15) is 0 Å². The molecule has 2 aromatic carbocycles. The standard InChI is InChI=1S/C16H12INO4S3/c17-12-6-8-14(9-7-12)25(21,22)18-15-10-23-11-16(15)24(19,20)13-4-2-1-3-5-13/h1-11,18H. The van der Waals surface area contributed by atoms with Crippen molar-refractivity contribution in [1.29, 1.82) is 0 Å². The molecule has 0 atom stereocenters. The molecule has 1 N–H and O–H groups in total. The first-order valence-electron chi connectivity index (χ1n) is 6.95. The molecule has 1 aromatic heterocycles. The van der Waals surface area contributed by atoms with E-state index in [-0.39, 0.29) is 20.4 Å². The van der Waals surface area contributed by atoms with E-state index in [9.17, 15) is 16.8 Å². The van der Waals surface area contributed by atoms with Gasteiger partial charge in [-0.25, -0.2) is 16.8 Å². The molecule has 0 saturated carbocycles. The Morgan fingerprint density at radius 2 is 1.44 bits per heavy atom. The lowest BCUT2D eigenvalue weighted by Gasteiger charge is -2.10. The highest BCUT2D eigenvalue weighted by Crippen LogP contribution is 2.32. The van der Waals surface area contributed by atoms with E-state index in [1.807, 2.05) is 0 Å². The Bertz CT molecular complexity index is 1090. The minimum Gasteiger partial charge on any atom is -0.277 e. The topological polar surface area (TPSA) is 80.3 Å². The van der Waals surface area contributed by atoms with E-state index in [1.165, 1.54) is 35.0 Å². The molecule has 0 bridgehead atoms. The van der Waals surface area contributed by atoms with Crippen molar-refractivity contribution in [2.75, 3.05) is 4.72 Å². The van der Waals surface area contributed by atoms with Gasteiger partial charge in [0.2, 0.25) is 9.84 Å². The van der Waals surface area contributed by atoms with Gasteiger partial charge < -0.3 is 0 Å². The number of nitrogens with one attached hydrogen (secondary N) is 1. The molecule has 3 rings (SSSR count). The number of hydrogen-bond acceptors (Lipinski definition) is 5. The van der Waals surface area contributed by atoms with Crippen LogP contribution in [0.4, 0.5) is 5.69 Å². The smallest absolute Gasteiger partial charge is 0.261 e. The van der Waals surface area contributed by atoms with Gasteiger partial charge in [0.05, 0.1) is 15.5 Å². The summed E-state index contributed by atoms with van der Waals surface area (Å²) in [5.41, 5.74) is 0.0485. The first-order chi connectivity index (χ1) is 11.8. The van der Waals surface area contributed by atoms with E-state index in [0.29, 0.717) is 0 Å². The van der Waals surface area contributed by atoms with E-state index < -0.39 is 19.9 Å². The van der Waals surface area contributed by atoms with Crippen molar-refractivity contribution in [3.8, 4) is 0 Å². The third kappa shape index (κ3) is 3.89. The monoisotopic (exact) mass is 505 g/mol. The van der Waals surface area contributed by atoms with Crippen molar-refractivity contribution < 1.29 is 16.8 Å². The second-order valence-corrected chi connectivity index (χ2v) is 10.6. The number of halogens is 1. The molecule has 0 saturated heterocycles. The van der Waals surface area contributed by atoms with Crippen molar-refractivity contribution in [2.45, 2.75) is 14.7 Å². The summed E-state index contributed by atoms with van der Waals surface area (Å²) in [5.74, 6) is 0. The van der Waals surface area contributed by atoms with Crippen LogP contribution >= 0.6 is 33.9 Å². The van der Waals surface area contributed by atoms with Crippen LogP contribution < -0.4 is 4.72 Å². The van der Waals surface area contributed by atoms with Gasteiger partial charge in [-0.05, 0) is 59.0 Å². The first-order valence-corrected chi connectivity index (χ1v) is 11.9. The van der Waals surface area contributed by atoms with Crippen LogP contribution in [0.5, 0.6) is 0 Å². The molecule has 130 valence electrons. The molecule has 3 aromatic rings. The maximum Gasteiger partial charge on any atom is 0.261 e. The first kappa shape index (κ1) is 18.4. The Balaban J connectivity index is 1.99. The zero-order valence-corrected chi connectivity index (χ0v) is 17.2. The van der Waals surface area contributed by atoms with Crippen LogP contribution in [0.2, 0.25) is 0 Å². The van der Waals surface area contributed by atoms with Gasteiger partial charge >= 0.3 is 0 Å². The predicted molar refractivity (Wildman–Crippen MR) is 106 cm³/mol. The lowest BCUT2D eigenvalue weighted by Crippen LogP contribution is -2.14. The molecule has 25 heavy (non-hydrogen) atoms. The lowest BCUT2D eigenvalue weighted by molar-refractivity contribution is 0.597. The number of anilines is 1. The molecule has 9 heteroatoms. The molecular weight excluding hydrogens is 493 g/mol. The van der Waals surface area contributed by atoms with Crippen molar-refractivity contribution >= 4 is 59.5 Å². The molecule has 0 aliphatic carbocycles. The Morgan fingerprint density at radius 3 is 2.08 bits per heavy atom. The Hall–Kier alpha value is -1.43. The largest absolute Gasteiger partial charge is 0.277 e. The summed E-state index contributed by atoms with van der Waals surface area (Å²) >= 11 is 3.20. The molecule has 5 nitrogen and oxygen atoms in total. The highest BCUT2D eigenvalue weighted by atomic mass is 127. The highest BCUT2D eigenvalue weighted by molar-refractivity contribution is 14.1. The summed E-state index contributed by atoms with van der Waals surface area (Å²) in [5, 5.41) is 2.90. The van der Waals surface area contributed by atoms with Gasteiger partial charge in [0.1, 0.15) is 4.90 Å². The van der Waals surface area contributed by atoms with Crippen LogP contribution in [-0.4, -0.2) is 16.8 Å². The van der Waals surface area contributed by atoms with Gasteiger partial charge in [-0.15, -0.1) is 11.3 Å². The Kier molecular flexibility index (Phi) is 5.19. The summed E-state index contributed by atoms with van der Waals surface area (Å²) in [6.45, 7) is 0. The predicted octanol–water partition coefficient (Wildman–Crippen LogP) is 3.99. The van der Waals surface area contributed by atoms with Crippen molar-refractivity contribution in [3.05, 3.63) is 68.9 Å². The number of rotatable bonds is 5. The van der Waals surface area contributed by atoms with Gasteiger partial charge in [0.15, 0.2) is 0 Å². The minimum atomic E-state index is -3.88. The molecule has 1 heterocycles. The van der Waals surface area contributed by atoms with E-state index in [1.54, 1.807) is 30.3 Å². The fraction of sp³-hybridized carbons (Fsp3) is 0. The van der Waals surface area contributed by atoms with Gasteiger partial charge in [0.25, 0.3) is 10.0 Å². The van der Waals surface area contributed by atoms with Crippen LogP contribution in [0.3, 0.4) is 0 Å². The fourth-order valence-electron chi connectivity index (χ4n) is 2.11. The minimum absolute atomic E-state index is 0.0485. The van der Waals surface area contributed by atoms with E-state index in [4.69, 9.17) is 0 Å². The molecule has 0 fully saturated rings. The normalized spacial score (nSPS) is 12.0. The summed E-state index contributed by atoms with van der Waals surface area (Å²) in [7, 11) is -7.68. The van der Waals surface area contributed by atoms with Gasteiger partial charge in [0, 0.05) is 14.3 Å². The summed E-state index contributed by atoms with van der Waals surface area (Å²) in [6, 6.07) is 14.2. The number of thiophene rings is 1. The van der Waals surface area contributed by atoms with Crippen LogP contribution in [-0.2, 0) is 19.9 Å². The second-order valence-electron chi connectivity index (χ2n) is 5.03. The molecule has 0 unspecified atom stereocenters. The highest BCUT2D eigenvalue weighted by Gasteiger charge is 2.25. The molecule has 0 amide bonds. The van der Waals surface area contributed by atoms with Crippen molar-refractivity contribution in [1.82, 2.24) is 0 Å². The maximum absolute atomic E-state index is 12.8. The van der Waals surface area contributed by atoms with Crippen molar-refractivity contribution in [2.24, 2.45) is 0 Å². The SMILES string of the molecule is O=S(=O)(Nc1cscc1S(=O)(=O)c1ccccc1)c1ccc(I)cc1. The average Bonchev–Trinajstić information content (AvgIpc) is 3.04. The zero-order chi connectivity index (χ0) is 18.1. The molecule has 0 aliphatic heterocycles. The van der Waals surface area contributed by atoms with Gasteiger partial charge in [-0.2, -0.15) is 0 Å². The van der Waals surface area contributed by atoms with Crippen LogP contribution in [0.25, 0.3) is 0 Å². The van der Waals surface area contributed by atoms with Crippen LogP contribution in [0, 0.1) is 3.57 Å². The lowest BCUT2D eigenvalue weighted by atomic mass is 10.4. The average molecular weight is 505 g/mol. The molecule has 0 aliphatic rings. The molecule has 0 spiro atoms. The van der Waals surface area contributed by atoms with E-state index in [2.05, 4.69) is 27.3 Å². The summed E-state index contributed by atoms with van der Waals surface area (Å²) in [6.07, 6.45) is 0. The fourth-order valence-corrected chi connectivity index (χ4v) is 6.24. The Labute approximate surface area is 163 Å². The number of sulfonamides is 1. The third-order valence-electron chi connectivity index (χ3n) is 3.34. The number of hydrogen-bond donors (Lipinski definition) is 1. The van der Waals surface area contributed by atoms with E-state index >= 15 is 0 Å². The summed E-state index contributed by atoms with van der Waals surface area (Å²) in [4.78, 5) is 0.128. The Morgan fingerprint density at radius 1 is 0.800 bits per heavy atom. The second kappa shape index (κ2) is 7.06. The quantitative estimate of drug-likeness (QED) is 0.532. The number of benzene rings is 2. The van der Waals surface area contributed by atoms with E-state index in [0.717, 1.165) is 14.9 Å². The molecular formula is C16H12INO4S3. The van der Waals surface area contributed by atoms with Crippen molar-refractivity contribution in [3.63, 3.8) is 0 Å². The molecule has 0 radical (unpaired) electrons. The van der Waals surface area contributed by atoms with Crippen LogP contribution in [0.15, 0.2) is 80.0 Å². The maximum atomic E-state index is 12.8. The van der Waals surface area contributed by atoms with Gasteiger partial charge in [-0.1, -0.05) is 18.2 Å². The third-order valence-corrected chi connectivity index (χ3v) is 8.14.